The summed E-state index contributed by atoms with van der Waals surface area (Å²) in [4.78, 5) is -0.265. The third kappa shape index (κ3) is 4.24. The van der Waals surface area contributed by atoms with Crippen molar-refractivity contribution in [2.45, 2.75) is 30.9 Å². The predicted molar refractivity (Wildman–Crippen MR) is 68.6 cm³/mol. The number of aliphatic hydroxyl groups excluding tert-OH is 1. The summed E-state index contributed by atoms with van der Waals surface area (Å²) >= 11 is 0. The van der Waals surface area contributed by atoms with Crippen LogP contribution in [0.25, 0.3) is 0 Å². The lowest BCUT2D eigenvalue weighted by molar-refractivity contribution is 0.141. The number of rotatable bonds is 6. The summed E-state index contributed by atoms with van der Waals surface area (Å²) in [6, 6.07) is 3.23. The third-order valence-corrected chi connectivity index (χ3v) is 4.19. The molecule has 1 aromatic rings. The Labute approximate surface area is 112 Å². The van der Waals surface area contributed by atoms with Crippen LogP contribution in [0.3, 0.4) is 0 Å². The number of hydrogen-bond donors (Lipinski definition) is 2. The SMILES string of the molecule is COCC(C)(C)NS(=O)(=O)c1cc(F)ccc1CO. The first-order valence-corrected chi connectivity index (χ1v) is 7.12. The van der Waals surface area contributed by atoms with Crippen molar-refractivity contribution < 1.29 is 22.7 Å². The zero-order valence-electron chi connectivity index (χ0n) is 11.1. The molecule has 0 atom stereocenters. The molecular formula is C12H18FNO4S. The van der Waals surface area contributed by atoms with Gasteiger partial charge in [-0.05, 0) is 31.5 Å². The Bertz CT molecular complexity index is 543. The third-order valence-electron chi connectivity index (χ3n) is 2.40. The molecule has 0 aliphatic carbocycles. The van der Waals surface area contributed by atoms with E-state index in [-0.39, 0.29) is 17.1 Å². The van der Waals surface area contributed by atoms with Crippen LogP contribution in [0.5, 0.6) is 0 Å². The molecule has 0 radical (unpaired) electrons. The number of ether oxygens (including phenoxy) is 1. The lowest BCUT2D eigenvalue weighted by Gasteiger charge is -2.25. The smallest absolute Gasteiger partial charge is 0.241 e. The van der Waals surface area contributed by atoms with Gasteiger partial charge in [-0.15, -0.1) is 0 Å². The van der Waals surface area contributed by atoms with E-state index in [2.05, 4.69) is 4.72 Å². The van der Waals surface area contributed by atoms with Crippen molar-refractivity contribution in [3.63, 3.8) is 0 Å². The van der Waals surface area contributed by atoms with E-state index >= 15 is 0 Å². The quantitative estimate of drug-likeness (QED) is 0.820. The molecule has 19 heavy (non-hydrogen) atoms. The minimum absolute atomic E-state index is 0.141. The second-order valence-electron chi connectivity index (χ2n) is 4.83. The number of halogens is 1. The maximum atomic E-state index is 13.2. The van der Waals surface area contributed by atoms with Crippen molar-refractivity contribution in [1.82, 2.24) is 4.72 Å². The van der Waals surface area contributed by atoms with E-state index in [1.807, 2.05) is 0 Å². The fourth-order valence-corrected chi connectivity index (χ4v) is 3.36. The molecule has 0 aliphatic rings. The van der Waals surface area contributed by atoms with Crippen molar-refractivity contribution in [3.8, 4) is 0 Å². The number of benzene rings is 1. The summed E-state index contributed by atoms with van der Waals surface area (Å²) < 4.78 is 45.0. The molecule has 0 fully saturated rings. The van der Waals surface area contributed by atoms with Crippen molar-refractivity contribution in [2.24, 2.45) is 0 Å². The molecule has 5 nitrogen and oxygen atoms in total. The van der Waals surface area contributed by atoms with Gasteiger partial charge in [-0.25, -0.2) is 17.5 Å². The number of hydrogen-bond acceptors (Lipinski definition) is 4. The number of methoxy groups -OCH3 is 1. The first-order chi connectivity index (χ1) is 8.72. The van der Waals surface area contributed by atoms with Gasteiger partial charge >= 0.3 is 0 Å². The van der Waals surface area contributed by atoms with E-state index in [0.29, 0.717) is 0 Å². The largest absolute Gasteiger partial charge is 0.392 e. The molecule has 0 aromatic heterocycles. The Balaban J connectivity index is 3.17. The molecule has 0 saturated heterocycles. The van der Waals surface area contributed by atoms with E-state index in [0.717, 1.165) is 12.1 Å². The van der Waals surface area contributed by atoms with Gasteiger partial charge in [0.2, 0.25) is 10.0 Å². The molecule has 0 aliphatic heterocycles. The molecule has 0 heterocycles. The lowest BCUT2D eigenvalue weighted by atomic mass is 10.1. The number of nitrogens with one attached hydrogen (secondary N) is 1. The molecular weight excluding hydrogens is 273 g/mol. The van der Waals surface area contributed by atoms with E-state index in [1.165, 1.54) is 13.2 Å². The van der Waals surface area contributed by atoms with Crippen LogP contribution >= 0.6 is 0 Å². The van der Waals surface area contributed by atoms with Crippen LogP contribution in [0, 0.1) is 5.82 Å². The van der Waals surface area contributed by atoms with Crippen LogP contribution < -0.4 is 4.72 Å². The van der Waals surface area contributed by atoms with Gasteiger partial charge in [0.05, 0.1) is 23.6 Å². The van der Waals surface area contributed by atoms with Gasteiger partial charge in [0.15, 0.2) is 0 Å². The molecule has 7 heteroatoms. The summed E-state index contributed by atoms with van der Waals surface area (Å²) in [5.41, 5.74) is -0.700. The maximum absolute atomic E-state index is 13.2. The highest BCUT2D eigenvalue weighted by molar-refractivity contribution is 7.89. The van der Waals surface area contributed by atoms with E-state index in [4.69, 9.17) is 9.84 Å². The molecule has 0 saturated carbocycles. The Kier molecular flexibility index (Phi) is 5.03. The molecule has 1 rings (SSSR count). The standard InChI is InChI=1S/C12H18FNO4S/c1-12(2,8-18-3)14-19(16,17)11-6-10(13)5-4-9(11)7-15/h4-6,14-15H,7-8H2,1-3H3. The maximum Gasteiger partial charge on any atom is 0.241 e. The molecule has 1 aromatic carbocycles. The lowest BCUT2D eigenvalue weighted by Crippen LogP contribution is -2.46. The van der Waals surface area contributed by atoms with Gasteiger partial charge in [0, 0.05) is 7.11 Å². The fourth-order valence-electron chi connectivity index (χ4n) is 1.72. The van der Waals surface area contributed by atoms with Crippen molar-refractivity contribution in [3.05, 3.63) is 29.6 Å². The van der Waals surface area contributed by atoms with Crippen molar-refractivity contribution in [2.75, 3.05) is 13.7 Å². The zero-order chi connectivity index (χ0) is 14.7. The normalized spacial score (nSPS) is 12.7. The van der Waals surface area contributed by atoms with Crippen LogP contribution in [0.2, 0.25) is 0 Å². The molecule has 0 spiro atoms. The van der Waals surface area contributed by atoms with E-state index in [1.54, 1.807) is 13.8 Å². The predicted octanol–water partition coefficient (Wildman–Crippen LogP) is 1.02. The van der Waals surface area contributed by atoms with Gasteiger partial charge in [0.25, 0.3) is 0 Å². The van der Waals surface area contributed by atoms with Gasteiger partial charge in [-0.1, -0.05) is 6.07 Å². The van der Waals surface area contributed by atoms with Crippen LogP contribution in [0.1, 0.15) is 19.4 Å². The van der Waals surface area contributed by atoms with Crippen LogP contribution in [-0.4, -0.2) is 32.8 Å². The Morgan fingerprint density at radius 2 is 2.05 bits per heavy atom. The summed E-state index contributed by atoms with van der Waals surface area (Å²) in [6.45, 7) is 2.97. The highest BCUT2D eigenvalue weighted by Gasteiger charge is 2.28. The minimum Gasteiger partial charge on any atom is -0.392 e. The van der Waals surface area contributed by atoms with Gasteiger partial charge in [-0.2, -0.15) is 0 Å². The summed E-state index contributed by atoms with van der Waals surface area (Å²) in [5.74, 6) is -0.679. The highest BCUT2D eigenvalue weighted by atomic mass is 32.2. The Morgan fingerprint density at radius 3 is 2.58 bits per heavy atom. The van der Waals surface area contributed by atoms with Gasteiger partial charge < -0.3 is 9.84 Å². The minimum atomic E-state index is -3.94. The molecule has 0 amide bonds. The molecule has 0 bridgehead atoms. The second kappa shape index (κ2) is 5.96. The van der Waals surface area contributed by atoms with Crippen LogP contribution in [0.15, 0.2) is 23.1 Å². The topological polar surface area (TPSA) is 75.6 Å². The number of aliphatic hydroxyl groups is 1. The molecule has 108 valence electrons. The fraction of sp³-hybridized carbons (Fsp3) is 0.500. The number of sulfonamides is 1. The average Bonchev–Trinajstić information content (AvgIpc) is 2.27. The molecule has 2 N–H and O–H groups in total. The van der Waals surface area contributed by atoms with Crippen LogP contribution in [-0.2, 0) is 21.4 Å². The van der Waals surface area contributed by atoms with E-state index in [9.17, 15) is 12.8 Å². The summed E-state index contributed by atoms with van der Waals surface area (Å²) in [7, 11) is -2.48. The van der Waals surface area contributed by atoms with Gasteiger partial charge in [-0.3, -0.25) is 0 Å². The van der Waals surface area contributed by atoms with Crippen LogP contribution in [0.4, 0.5) is 4.39 Å². The zero-order valence-corrected chi connectivity index (χ0v) is 11.9. The second-order valence-corrected chi connectivity index (χ2v) is 6.48. The highest BCUT2D eigenvalue weighted by Crippen LogP contribution is 2.19. The first kappa shape index (κ1) is 16.0. The van der Waals surface area contributed by atoms with Gasteiger partial charge in [0.1, 0.15) is 5.82 Å². The average molecular weight is 291 g/mol. The van der Waals surface area contributed by atoms with E-state index < -0.39 is 28.0 Å². The monoisotopic (exact) mass is 291 g/mol. The summed E-state index contributed by atoms with van der Waals surface area (Å²) in [6.07, 6.45) is 0. The van der Waals surface area contributed by atoms with Crippen molar-refractivity contribution >= 4 is 10.0 Å². The Hall–Kier alpha value is -1.02. The van der Waals surface area contributed by atoms with Crippen molar-refractivity contribution in [1.29, 1.82) is 0 Å². The molecule has 0 unspecified atom stereocenters. The first-order valence-electron chi connectivity index (χ1n) is 5.64. The summed E-state index contributed by atoms with van der Waals surface area (Å²) in [5, 5.41) is 9.13. The Morgan fingerprint density at radius 1 is 1.42 bits per heavy atom.